The molecule has 23 heavy (non-hydrogen) atoms. The minimum absolute atomic E-state index is 0.454. The smallest absolute Gasteiger partial charge is 0.208 e. The quantitative estimate of drug-likeness (QED) is 0.561. The van der Waals surface area contributed by atoms with Crippen molar-refractivity contribution in [3.05, 3.63) is 41.7 Å². The Morgan fingerprint density at radius 3 is 2.91 bits per heavy atom. The second-order valence-electron chi connectivity index (χ2n) is 5.21. The molecule has 0 saturated carbocycles. The fraction of sp³-hybridized carbons (Fsp3) is 0.125. The highest BCUT2D eigenvalue weighted by Crippen LogP contribution is 2.28. The van der Waals surface area contributed by atoms with Gasteiger partial charge < -0.3 is 19.6 Å². The second-order valence-corrected chi connectivity index (χ2v) is 5.59. The lowest BCUT2D eigenvalue weighted by Gasteiger charge is -2.05. The average Bonchev–Trinajstić information content (AvgIpc) is 3.09. The summed E-state index contributed by atoms with van der Waals surface area (Å²) >= 11 is 5.99. The Balaban J connectivity index is 1.79. The molecule has 1 aromatic carbocycles. The van der Waals surface area contributed by atoms with Crippen molar-refractivity contribution in [2.24, 2.45) is 7.05 Å². The lowest BCUT2D eigenvalue weighted by atomic mass is 10.3. The summed E-state index contributed by atoms with van der Waals surface area (Å²) in [6.07, 6.45) is 1.86. The van der Waals surface area contributed by atoms with Gasteiger partial charge in [0, 0.05) is 19.3 Å². The Bertz CT molecular complexity index is 1020. The third-order valence-corrected chi connectivity index (χ3v) is 4.03. The molecule has 0 aliphatic carbocycles. The summed E-state index contributed by atoms with van der Waals surface area (Å²) in [4.78, 5) is 12.1. The van der Waals surface area contributed by atoms with Crippen molar-refractivity contribution in [2.45, 2.75) is 0 Å². The highest BCUT2D eigenvalue weighted by Gasteiger charge is 2.12. The number of rotatable bonds is 3. The Hall–Kier alpha value is -2.73. The molecule has 0 radical (unpaired) electrons. The molecule has 0 aliphatic rings. The molecule has 0 aliphatic heterocycles. The first-order chi connectivity index (χ1) is 11.2. The Morgan fingerprint density at radius 2 is 2.09 bits per heavy atom. The first kappa shape index (κ1) is 13.9. The van der Waals surface area contributed by atoms with Crippen LogP contribution in [-0.2, 0) is 7.05 Å². The van der Waals surface area contributed by atoms with Crippen LogP contribution in [-0.4, -0.2) is 26.6 Å². The molecule has 6 nitrogen and oxygen atoms in total. The second kappa shape index (κ2) is 5.17. The maximum Gasteiger partial charge on any atom is 0.208 e. The van der Waals surface area contributed by atoms with Gasteiger partial charge in [-0.15, -0.1) is 0 Å². The molecule has 3 heterocycles. The van der Waals surface area contributed by atoms with E-state index in [1.54, 1.807) is 13.2 Å². The van der Waals surface area contributed by atoms with E-state index in [2.05, 4.69) is 20.3 Å². The van der Waals surface area contributed by atoms with Crippen LogP contribution in [0.4, 0.5) is 11.6 Å². The van der Waals surface area contributed by atoms with Crippen molar-refractivity contribution in [3.63, 3.8) is 0 Å². The van der Waals surface area contributed by atoms with E-state index in [1.807, 2.05) is 42.1 Å². The number of aryl methyl sites for hydroxylation is 1. The number of ether oxygens (including phenoxy) is 1. The molecular formula is C16H14ClN5O. The fourth-order valence-corrected chi connectivity index (χ4v) is 2.75. The summed E-state index contributed by atoms with van der Waals surface area (Å²) in [5.74, 6) is 1.52. The van der Waals surface area contributed by atoms with Crippen LogP contribution in [0.15, 0.2) is 36.5 Å². The van der Waals surface area contributed by atoms with Gasteiger partial charge in [0.15, 0.2) is 0 Å². The lowest BCUT2D eigenvalue weighted by Crippen LogP contribution is -1.99. The van der Waals surface area contributed by atoms with E-state index < -0.39 is 0 Å². The van der Waals surface area contributed by atoms with Crippen LogP contribution < -0.4 is 10.1 Å². The predicted octanol–water partition coefficient (Wildman–Crippen LogP) is 3.86. The number of hydrogen-bond donors (Lipinski definition) is 2. The number of fused-ring (bicyclic) bond motifs is 2. The maximum atomic E-state index is 5.99. The Labute approximate surface area is 137 Å². The molecule has 0 atom stereocenters. The van der Waals surface area contributed by atoms with Crippen molar-refractivity contribution >= 4 is 45.3 Å². The average molecular weight is 328 g/mol. The van der Waals surface area contributed by atoms with Crippen molar-refractivity contribution in [1.82, 2.24) is 19.5 Å². The highest BCUT2D eigenvalue weighted by atomic mass is 35.5. The number of benzene rings is 1. The minimum atomic E-state index is 0.454. The van der Waals surface area contributed by atoms with Crippen molar-refractivity contribution < 1.29 is 4.74 Å². The number of aromatic amines is 1. The van der Waals surface area contributed by atoms with Gasteiger partial charge in [0.25, 0.3) is 0 Å². The van der Waals surface area contributed by atoms with Gasteiger partial charge in [-0.25, -0.2) is 9.97 Å². The molecule has 3 aromatic heterocycles. The zero-order valence-electron chi connectivity index (χ0n) is 12.6. The first-order valence-electron chi connectivity index (χ1n) is 7.07. The molecule has 2 N–H and O–H groups in total. The monoisotopic (exact) mass is 327 g/mol. The summed E-state index contributed by atoms with van der Waals surface area (Å²) in [6.45, 7) is 0. The third kappa shape index (κ3) is 2.27. The number of anilines is 2. The summed E-state index contributed by atoms with van der Waals surface area (Å²) < 4.78 is 7.25. The van der Waals surface area contributed by atoms with Crippen molar-refractivity contribution in [2.75, 3.05) is 12.4 Å². The first-order valence-corrected chi connectivity index (χ1v) is 7.44. The molecule has 4 aromatic rings. The largest absolute Gasteiger partial charge is 0.497 e. The zero-order valence-corrected chi connectivity index (χ0v) is 13.3. The van der Waals surface area contributed by atoms with Crippen LogP contribution in [0.3, 0.4) is 0 Å². The third-order valence-electron chi connectivity index (χ3n) is 3.82. The summed E-state index contributed by atoms with van der Waals surface area (Å²) in [7, 11) is 3.60. The molecule has 0 spiro atoms. The van der Waals surface area contributed by atoms with Gasteiger partial charge in [0.2, 0.25) is 5.95 Å². The van der Waals surface area contributed by atoms with Gasteiger partial charge in [0.05, 0.1) is 29.3 Å². The predicted molar refractivity (Wildman–Crippen MR) is 91.7 cm³/mol. The molecule has 116 valence electrons. The number of hydrogen-bond acceptors (Lipinski definition) is 4. The topological polar surface area (TPSA) is 67.8 Å². The van der Waals surface area contributed by atoms with E-state index in [9.17, 15) is 0 Å². The molecule has 0 unspecified atom stereocenters. The SMILES string of the molecule is COc1ccc2nc(Nc3c[nH]c4ccc(Cl)nc34)n(C)c2c1. The number of aromatic nitrogens is 4. The summed E-state index contributed by atoms with van der Waals surface area (Å²) in [5, 5.41) is 3.76. The molecule has 0 fully saturated rings. The molecule has 0 saturated heterocycles. The Morgan fingerprint density at radius 1 is 1.22 bits per heavy atom. The summed E-state index contributed by atoms with van der Waals surface area (Å²) in [5.41, 5.74) is 4.40. The maximum absolute atomic E-state index is 5.99. The van der Waals surface area contributed by atoms with Crippen LogP contribution in [0.2, 0.25) is 5.15 Å². The van der Waals surface area contributed by atoms with E-state index in [4.69, 9.17) is 16.3 Å². The van der Waals surface area contributed by atoms with Gasteiger partial charge in [-0.2, -0.15) is 0 Å². The van der Waals surface area contributed by atoms with Crippen LogP contribution in [0.5, 0.6) is 5.75 Å². The van der Waals surface area contributed by atoms with E-state index in [1.165, 1.54) is 0 Å². The van der Waals surface area contributed by atoms with Crippen LogP contribution in [0, 0.1) is 0 Å². The van der Waals surface area contributed by atoms with Gasteiger partial charge in [-0.1, -0.05) is 11.6 Å². The van der Waals surface area contributed by atoms with Gasteiger partial charge in [0.1, 0.15) is 16.4 Å². The fourth-order valence-electron chi connectivity index (χ4n) is 2.60. The normalized spacial score (nSPS) is 11.3. The summed E-state index contributed by atoms with van der Waals surface area (Å²) in [6, 6.07) is 9.44. The van der Waals surface area contributed by atoms with E-state index >= 15 is 0 Å². The number of H-pyrrole nitrogens is 1. The van der Waals surface area contributed by atoms with Gasteiger partial charge in [-0.05, 0) is 24.3 Å². The molecular weight excluding hydrogens is 314 g/mol. The number of imidazole rings is 1. The van der Waals surface area contributed by atoms with Crippen molar-refractivity contribution in [3.8, 4) is 5.75 Å². The van der Waals surface area contributed by atoms with Crippen molar-refractivity contribution in [1.29, 1.82) is 0 Å². The lowest BCUT2D eigenvalue weighted by molar-refractivity contribution is 0.415. The zero-order chi connectivity index (χ0) is 16.0. The van der Waals surface area contributed by atoms with Gasteiger partial charge >= 0.3 is 0 Å². The minimum Gasteiger partial charge on any atom is -0.497 e. The number of nitrogens with zero attached hydrogens (tertiary/aromatic N) is 3. The van der Waals surface area contributed by atoms with E-state index in [0.717, 1.165) is 39.5 Å². The number of halogens is 1. The molecule has 0 bridgehead atoms. The number of methoxy groups -OCH3 is 1. The van der Waals surface area contributed by atoms with E-state index in [-0.39, 0.29) is 0 Å². The van der Waals surface area contributed by atoms with E-state index in [0.29, 0.717) is 5.15 Å². The standard InChI is InChI=1S/C16H14ClN5O/c1-22-13-7-9(23-2)3-4-10(13)19-16(22)20-12-8-18-11-5-6-14(17)21-15(11)12/h3-8,18H,1-2H3,(H,19,20). The molecule has 0 amide bonds. The number of pyridine rings is 1. The van der Waals surface area contributed by atoms with Gasteiger partial charge in [-0.3, -0.25) is 0 Å². The Kier molecular flexibility index (Phi) is 3.12. The van der Waals surface area contributed by atoms with Crippen LogP contribution in [0.1, 0.15) is 0 Å². The molecule has 4 rings (SSSR count). The number of nitrogens with one attached hydrogen (secondary N) is 2. The van der Waals surface area contributed by atoms with Crippen LogP contribution >= 0.6 is 11.6 Å². The van der Waals surface area contributed by atoms with Crippen LogP contribution in [0.25, 0.3) is 22.1 Å². The highest BCUT2D eigenvalue weighted by molar-refractivity contribution is 6.29. The molecule has 7 heteroatoms.